The molecule has 0 heterocycles. The maximum Gasteiger partial charge on any atom is 0.119 e. The molecule has 0 aliphatic heterocycles. The van der Waals surface area contributed by atoms with E-state index in [0.29, 0.717) is 6.04 Å². The van der Waals surface area contributed by atoms with Gasteiger partial charge in [0.05, 0.1) is 7.11 Å². The third-order valence-corrected chi connectivity index (χ3v) is 3.92. The Bertz CT molecular complexity index is 363. The largest absolute Gasteiger partial charge is 0.497 e. The van der Waals surface area contributed by atoms with Gasteiger partial charge < -0.3 is 10.1 Å². The monoisotopic (exact) mass is 283 g/mol. The molecule has 0 saturated heterocycles. The number of methoxy groups -OCH3 is 1. The number of nitrogens with one attached hydrogen (secondary N) is 1. The van der Waals surface area contributed by atoms with E-state index in [4.69, 9.17) is 4.74 Å². The molecule has 1 aromatic rings. The SMILES string of the molecule is CNC(CC1CC1)c1cc(OC)ccc1Br. The zero-order chi connectivity index (χ0) is 11.5. The van der Waals surface area contributed by atoms with Crippen LogP contribution in [0.15, 0.2) is 22.7 Å². The number of ether oxygens (including phenoxy) is 1. The summed E-state index contributed by atoms with van der Waals surface area (Å²) in [6.07, 6.45) is 4.00. The van der Waals surface area contributed by atoms with Crippen molar-refractivity contribution in [3.05, 3.63) is 28.2 Å². The first kappa shape index (κ1) is 11.9. The Kier molecular flexibility index (Phi) is 3.87. The predicted octanol–water partition coefficient (Wildman–Crippen LogP) is 3.52. The number of halogens is 1. The average molecular weight is 284 g/mol. The summed E-state index contributed by atoms with van der Waals surface area (Å²) in [4.78, 5) is 0. The van der Waals surface area contributed by atoms with Crippen LogP contribution in [0.5, 0.6) is 5.75 Å². The lowest BCUT2D eigenvalue weighted by Crippen LogP contribution is -2.17. The fraction of sp³-hybridized carbons (Fsp3) is 0.538. The molecular weight excluding hydrogens is 266 g/mol. The van der Waals surface area contributed by atoms with Crippen molar-refractivity contribution in [2.24, 2.45) is 5.92 Å². The van der Waals surface area contributed by atoms with E-state index in [-0.39, 0.29) is 0 Å². The first-order chi connectivity index (χ1) is 7.74. The molecule has 1 atom stereocenters. The number of benzene rings is 1. The molecule has 1 saturated carbocycles. The topological polar surface area (TPSA) is 21.3 Å². The van der Waals surface area contributed by atoms with Crippen molar-refractivity contribution < 1.29 is 4.74 Å². The predicted molar refractivity (Wildman–Crippen MR) is 69.8 cm³/mol. The van der Waals surface area contributed by atoms with Crippen LogP contribution in [-0.4, -0.2) is 14.2 Å². The zero-order valence-electron chi connectivity index (χ0n) is 9.79. The van der Waals surface area contributed by atoms with Crippen LogP contribution >= 0.6 is 15.9 Å². The van der Waals surface area contributed by atoms with E-state index in [0.717, 1.165) is 16.1 Å². The molecule has 1 fully saturated rings. The summed E-state index contributed by atoms with van der Waals surface area (Å²) >= 11 is 3.62. The van der Waals surface area contributed by atoms with Crippen LogP contribution in [0, 0.1) is 5.92 Å². The van der Waals surface area contributed by atoms with Crippen molar-refractivity contribution in [2.75, 3.05) is 14.2 Å². The first-order valence-corrected chi connectivity index (χ1v) is 6.54. The lowest BCUT2D eigenvalue weighted by molar-refractivity contribution is 0.412. The standard InChI is InChI=1S/C13H18BrNO/c1-15-13(7-9-3-4-9)11-8-10(16-2)5-6-12(11)14/h5-6,8-9,13,15H,3-4,7H2,1-2H3. The van der Waals surface area contributed by atoms with E-state index in [1.807, 2.05) is 13.1 Å². The quantitative estimate of drug-likeness (QED) is 0.893. The lowest BCUT2D eigenvalue weighted by Gasteiger charge is -2.18. The van der Waals surface area contributed by atoms with Gasteiger partial charge in [-0.2, -0.15) is 0 Å². The van der Waals surface area contributed by atoms with E-state index in [9.17, 15) is 0 Å². The minimum atomic E-state index is 0.428. The summed E-state index contributed by atoms with van der Waals surface area (Å²) in [6.45, 7) is 0. The molecule has 1 aromatic carbocycles. The molecule has 2 rings (SSSR count). The van der Waals surface area contributed by atoms with E-state index in [1.165, 1.54) is 24.8 Å². The van der Waals surface area contributed by atoms with Gasteiger partial charge in [-0.05, 0) is 43.1 Å². The molecule has 0 aromatic heterocycles. The molecule has 0 amide bonds. The normalized spacial score (nSPS) is 17.2. The van der Waals surface area contributed by atoms with Gasteiger partial charge in [-0.3, -0.25) is 0 Å². The molecule has 0 bridgehead atoms. The van der Waals surface area contributed by atoms with E-state index < -0.39 is 0 Å². The summed E-state index contributed by atoms with van der Waals surface area (Å²) in [5, 5.41) is 3.40. The van der Waals surface area contributed by atoms with E-state index in [2.05, 4.69) is 33.4 Å². The van der Waals surface area contributed by atoms with Crippen LogP contribution in [0.1, 0.15) is 30.9 Å². The smallest absolute Gasteiger partial charge is 0.119 e. The van der Waals surface area contributed by atoms with Crippen LogP contribution in [0.25, 0.3) is 0 Å². The highest BCUT2D eigenvalue weighted by molar-refractivity contribution is 9.10. The van der Waals surface area contributed by atoms with Gasteiger partial charge in [0.25, 0.3) is 0 Å². The minimum absolute atomic E-state index is 0.428. The summed E-state index contributed by atoms with van der Waals surface area (Å²) in [5.74, 6) is 1.84. The molecule has 16 heavy (non-hydrogen) atoms. The molecule has 0 spiro atoms. The van der Waals surface area contributed by atoms with E-state index in [1.54, 1.807) is 7.11 Å². The number of rotatable bonds is 5. The summed E-state index contributed by atoms with van der Waals surface area (Å²) in [5.41, 5.74) is 1.30. The van der Waals surface area contributed by atoms with Crippen LogP contribution in [-0.2, 0) is 0 Å². The minimum Gasteiger partial charge on any atom is -0.497 e. The van der Waals surface area contributed by atoms with Gasteiger partial charge in [-0.25, -0.2) is 0 Å². The molecule has 2 nitrogen and oxygen atoms in total. The van der Waals surface area contributed by atoms with Gasteiger partial charge in [0.1, 0.15) is 5.75 Å². The van der Waals surface area contributed by atoms with Gasteiger partial charge >= 0.3 is 0 Å². The first-order valence-electron chi connectivity index (χ1n) is 5.75. The molecule has 3 heteroatoms. The van der Waals surface area contributed by atoms with Crippen LogP contribution in [0.3, 0.4) is 0 Å². The number of hydrogen-bond acceptors (Lipinski definition) is 2. The van der Waals surface area contributed by atoms with Crippen molar-refractivity contribution in [1.82, 2.24) is 5.32 Å². The maximum atomic E-state index is 5.28. The second-order valence-corrected chi connectivity index (χ2v) is 5.26. The van der Waals surface area contributed by atoms with Crippen LogP contribution < -0.4 is 10.1 Å². The van der Waals surface area contributed by atoms with Crippen molar-refractivity contribution in [1.29, 1.82) is 0 Å². The molecule has 1 N–H and O–H groups in total. The fourth-order valence-corrected chi connectivity index (χ4v) is 2.53. The Labute approximate surface area is 106 Å². The molecular formula is C13H18BrNO. The zero-order valence-corrected chi connectivity index (χ0v) is 11.4. The van der Waals surface area contributed by atoms with E-state index >= 15 is 0 Å². The Balaban J connectivity index is 2.20. The Hall–Kier alpha value is -0.540. The van der Waals surface area contributed by atoms with Crippen LogP contribution in [0.4, 0.5) is 0 Å². The summed E-state index contributed by atoms with van der Waals surface area (Å²) < 4.78 is 6.44. The van der Waals surface area contributed by atoms with Crippen molar-refractivity contribution in [3.63, 3.8) is 0 Å². The lowest BCUT2D eigenvalue weighted by atomic mass is 10.0. The summed E-state index contributed by atoms with van der Waals surface area (Å²) in [7, 11) is 3.74. The highest BCUT2D eigenvalue weighted by atomic mass is 79.9. The van der Waals surface area contributed by atoms with Crippen LogP contribution in [0.2, 0.25) is 0 Å². The second-order valence-electron chi connectivity index (χ2n) is 4.41. The third-order valence-electron chi connectivity index (χ3n) is 3.19. The molecule has 1 unspecified atom stereocenters. The molecule has 1 aliphatic carbocycles. The molecule has 1 aliphatic rings. The summed E-state index contributed by atoms with van der Waals surface area (Å²) in [6, 6.07) is 6.59. The fourth-order valence-electron chi connectivity index (χ4n) is 2.00. The van der Waals surface area contributed by atoms with Crippen molar-refractivity contribution >= 4 is 15.9 Å². The van der Waals surface area contributed by atoms with Gasteiger partial charge in [0, 0.05) is 10.5 Å². The maximum absolute atomic E-state index is 5.28. The van der Waals surface area contributed by atoms with Gasteiger partial charge in [-0.15, -0.1) is 0 Å². The molecule has 0 radical (unpaired) electrons. The highest BCUT2D eigenvalue weighted by Crippen LogP contribution is 2.39. The highest BCUT2D eigenvalue weighted by Gasteiger charge is 2.26. The second kappa shape index (κ2) is 5.19. The van der Waals surface area contributed by atoms with Gasteiger partial charge in [0.2, 0.25) is 0 Å². The third kappa shape index (κ3) is 2.77. The van der Waals surface area contributed by atoms with Crippen molar-refractivity contribution in [3.8, 4) is 5.75 Å². The number of hydrogen-bond donors (Lipinski definition) is 1. The molecule has 88 valence electrons. The van der Waals surface area contributed by atoms with Gasteiger partial charge in [0.15, 0.2) is 0 Å². The Morgan fingerprint density at radius 2 is 2.25 bits per heavy atom. The Morgan fingerprint density at radius 3 is 2.81 bits per heavy atom. The van der Waals surface area contributed by atoms with Crippen molar-refractivity contribution in [2.45, 2.75) is 25.3 Å². The van der Waals surface area contributed by atoms with Gasteiger partial charge in [-0.1, -0.05) is 28.8 Å². The average Bonchev–Trinajstić information content (AvgIpc) is 3.11. The Morgan fingerprint density at radius 1 is 1.50 bits per heavy atom.